The number of carbonyl (C=O) groups is 2. The monoisotopic (exact) mass is 384 g/mol. The quantitative estimate of drug-likeness (QED) is 0.637. The molecule has 2 aliphatic heterocycles. The Bertz CT molecular complexity index is 1060. The van der Waals surface area contributed by atoms with Crippen LogP contribution in [0.15, 0.2) is 91.0 Å². The zero-order chi connectivity index (χ0) is 20.0. The van der Waals surface area contributed by atoms with Gasteiger partial charge in [0, 0.05) is 0 Å². The van der Waals surface area contributed by atoms with Gasteiger partial charge in [0.15, 0.2) is 6.10 Å². The van der Waals surface area contributed by atoms with Crippen LogP contribution in [0.2, 0.25) is 0 Å². The first kappa shape index (κ1) is 17.6. The lowest BCUT2D eigenvalue weighted by molar-refractivity contribution is -0.128. The van der Waals surface area contributed by atoms with Gasteiger partial charge in [0.05, 0.1) is 17.4 Å². The van der Waals surface area contributed by atoms with Crippen LogP contribution in [0.3, 0.4) is 0 Å². The van der Waals surface area contributed by atoms with Crippen molar-refractivity contribution in [3.63, 3.8) is 0 Å². The molecule has 29 heavy (non-hydrogen) atoms. The highest BCUT2D eigenvalue weighted by molar-refractivity contribution is 6.25. The molecule has 2 fully saturated rings. The summed E-state index contributed by atoms with van der Waals surface area (Å²) in [5.74, 6) is -0.575. The summed E-state index contributed by atoms with van der Waals surface area (Å²) in [4.78, 5) is 34.5. The number of imide groups is 1. The fourth-order valence-electron chi connectivity index (χ4n) is 4.38. The molecule has 144 valence electrons. The summed E-state index contributed by atoms with van der Waals surface area (Å²) in [5, 5.41) is 1.72. The van der Waals surface area contributed by atoms with Gasteiger partial charge in [-0.15, -0.1) is 0 Å². The number of anilines is 2. The third kappa shape index (κ3) is 2.51. The minimum absolute atomic E-state index is 0.244. The van der Waals surface area contributed by atoms with Gasteiger partial charge in [-0.1, -0.05) is 66.7 Å². The zero-order valence-corrected chi connectivity index (χ0v) is 15.9. The highest BCUT2D eigenvalue weighted by Gasteiger charge is 2.68. The highest BCUT2D eigenvalue weighted by atomic mass is 16.7. The third-order valence-electron chi connectivity index (χ3n) is 5.82. The Morgan fingerprint density at radius 1 is 0.759 bits per heavy atom. The maximum atomic E-state index is 13.7. The highest BCUT2D eigenvalue weighted by Crippen LogP contribution is 2.55. The molecule has 0 bridgehead atoms. The first-order valence-corrected chi connectivity index (χ1v) is 9.62. The van der Waals surface area contributed by atoms with Crippen molar-refractivity contribution in [3.8, 4) is 0 Å². The summed E-state index contributed by atoms with van der Waals surface area (Å²) in [6, 6.07) is 28.0. The van der Waals surface area contributed by atoms with Crippen LogP contribution in [-0.4, -0.2) is 17.9 Å². The van der Waals surface area contributed by atoms with E-state index in [1.165, 1.54) is 4.90 Å². The second-order valence-corrected chi connectivity index (χ2v) is 7.56. The van der Waals surface area contributed by atoms with Crippen molar-refractivity contribution in [2.45, 2.75) is 19.1 Å². The van der Waals surface area contributed by atoms with Crippen LogP contribution >= 0.6 is 0 Å². The standard InChI is InChI=1S/C24H20N2O3/c1-24-20(17-11-5-2-6-12-17)26(19-15-9-4-10-16-19)29-21(24)22(27)25(23(24)28)18-13-7-3-8-14-18/h2-16,20-21H,1H3/t20-,21+,24+/m1/s1. The molecular formula is C24H20N2O3. The molecule has 2 amide bonds. The van der Waals surface area contributed by atoms with E-state index in [4.69, 9.17) is 4.84 Å². The lowest BCUT2D eigenvalue weighted by Gasteiger charge is -2.32. The smallest absolute Gasteiger partial charge is 0.266 e. The maximum absolute atomic E-state index is 13.7. The topological polar surface area (TPSA) is 49.9 Å². The van der Waals surface area contributed by atoms with Gasteiger partial charge in [0.1, 0.15) is 5.41 Å². The molecule has 5 rings (SSSR count). The Morgan fingerprint density at radius 2 is 1.28 bits per heavy atom. The van der Waals surface area contributed by atoms with E-state index in [-0.39, 0.29) is 11.8 Å². The molecule has 0 N–H and O–H groups in total. The predicted molar refractivity (Wildman–Crippen MR) is 110 cm³/mol. The molecule has 3 aromatic carbocycles. The molecule has 3 atom stereocenters. The van der Waals surface area contributed by atoms with E-state index < -0.39 is 17.6 Å². The number of fused-ring (bicyclic) bond motifs is 1. The van der Waals surface area contributed by atoms with Gasteiger partial charge in [-0.25, -0.2) is 9.96 Å². The predicted octanol–water partition coefficient (Wildman–Crippen LogP) is 4.13. The van der Waals surface area contributed by atoms with Crippen LogP contribution in [0.4, 0.5) is 11.4 Å². The van der Waals surface area contributed by atoms with Crippen LogP contribution in [0.5, 0.6) is 0 Å². The number of nitrogens with zero attached hydrogens (tertiary/aromatic N) is 2. The van der Waals surface area contributed by atoms with Crippen molar-refractivity contribution >= 4 is 23.2 Å². The molecule has 2 aliphatic rings. The van der Waals surface area contributed by atoms with Gasteiger partial charge in [-0.2, -0.15) is 0 Å². The summed E-state index contributed by atoms with van der Waals surface area (Å²) in [5.41, 5.74) is 1.26. The number of carbonyl (C=O) groups excluding carboxylic acids is 2. The molecule has 0 aliphatic carbocycles. The van der Waals surface area contributed by atoms with Crippen LogP contribution in [0.25, 0.3) is 0 Å². The molecule has 2 saturated heterocycles. The van der Waals surface area contributed by atoms with Gasteiger partial charge in [-0.3, -0.25) is 14.4 Å². The normalized spacial score (nSPS) is 26.1. The first-order valence-electron chi connectivity index (χ1n) is 9.62. The number of para-hydroxylation sites is 2. The van der Waals surface area contributed by atoms with Crippen LogP contribution < -0.4 is 9.96 Å². The molecule has 0 saturated carbocycles. The molecule has 2 heterocycles. The fourth-order valence-corrected chi connectivity index (χ4v) is 4.38. The molecule has 5 heteroatoms. The van der Waals surface area contributed by atoms with Gasteiger partial charge >= 0.3 is 0 Å². The average molecular weight is 384 g/mol. The van der Waals surface area contributed by atoms with Crippen molar-refractivity contribution in [3.05, 3.63) is 96.6 Å². The minimum atomic E-state index is -1.05. The number of benzene rings is 3. The molecule has 3 aromatic rings. The van der Waals surface area contributed by atoms with E-state index in [2.05, 4.69) is 0 Å². The van der Waals surface area contributed by atoms with Crippen molar-refractivity contribution in [1.29, 1.82) is 0 Å². The Labute approximate surface area is 169 Å². The lowest BCUT2D eigenvalue weighted by Crippen LogP contribution is -2.41. The van der Waals surface area contributed by atoms with Crippen molar-refractivity contribution < 1.29 is 14.4 Å². The summed E-state index contributed by atoms with van der Waals surface area (Å²) in [6.45, 7) is 1.83. The molecule has 0 radical (unpaired) electrons. The molecule has 0 unspecified atom stereocenters. The number of hydrogen-bond acceptors (Lipinski definition) is 4. The van der Waals surface area contributed by atoms with E-state index in [0.29, 0.717) is 5.69 Å². The number of rotatable bonds is 3. The zero-order valence-electron chi connectivity index (χ0n) is 15.9. The van der Waals surface area contributed by atoms with Gasteiger partial charge < -0.3 is 0 Å². The van der Waals surface area contributed by atoms with Crippen molar-refractivity contribution in [2.75, 3.05) is 9.96 Å². The van der Waals surface area contributed by atoms with Gasteiger partial charge in [-0.05, 0) is 36.8 Å². The Morgan fingerprint density at radius 3 is 1.86 bits per heavy atom. The van der Waals surface area contributed by atoms with E-state index in [1.54, 1.807) is 17.2 Å². The van der Waals surface area contributed by atoms with Crippen LogP contribution in [0.1, 0.15) is 18.5 Å². The van der Waals surface area contributed by atoms with Gasteiger partial charge in [0.2, 0.25) is 5.91 Å². The summed E-state index contributed by atoms with van der Waals surface area (Å²) in [6.07, 6.45) is -0.888. The average Bonchev–Trinajstić information content (AvgIpc) is 3.18. The number of amides is 2. The number of hydroxylamine groups is 1. The Hall–Kier alpha value is -3.44. The largest absolute Gasteiger partial charge is 0.273 e. The fraction of sp³-hybridized carbons (Fsp3) is 0.167. The number of hydrogen-bond donors (Lipinski definition) is 0. The Balaban J connectivity index is 1.65. The summed E-state index contributed by atoms with van der Waals surface area (Å²) in [7, 11) is 0. The Kier molecular flexibility index (Phi) is 4.00. The minimum Gasteiger partial charge on any atom is -0.273 e. The van der Waals surface area contributed by atoms with E-state index in [0.717, 1.165) is 11.3 Å². The molecule has 5 nitrogen and oxygen atoms in total. The summed E-state index contributed by atoms with van der Waals surface area (Å²) < 4.78 is 0. The van der Waals surface area contributed by atoms with E-state index >= 15 is 0 Å². The van der Waals surface area contributed by atoms with Crippen LogP contribution in [0, 0.1) is 5.41 Å². The van der Waals surface area contributed by atoms with Crippen molar-refractivity contribution in [1.82, 2.24) is 0 Å². The SMILES string of the molecule is C[C@@]12C(=O)N(c3ccccc3)C(=O)[C@@H]1ON(c1ccccc1)[C@@H]2c1ccccc1. The molecule has 0 spiro atoms. The molecular weight excluding hydrogens is 364 g/mol. The second-order valence-electron chi connectivity index (χ2n) is 7.56. The van der Waals surface area contributed by atoms with Crippen LogP contribution in [-0.2, 0) is 14.4 Å². The van der Waals surface area contributed by atoms with E-state index in [1.807, 2.05) is 85.8 Å². The summed E-state index contributed by atoms with van der Waals surface area (Å²) >= 11 is 0. The first-order chi connectivity index (χ1) is 14.1. The van der Waals surface area contributed by atoms with Gasteiger partial charge in [0.25, 0.3) is 5.91 Å². The third-order valence-corrected chi connectivity index (χ3v) is 5.82. The second kappa shape index (κ2) is 6.57. The van der Waals surface area contributed by atoms with Crippen molar-refractivity contribution in [2.24, 2.45) is 5.41 Å². The van der Waals surface area contributed by atoms with E-state index in [9.17, 15) is 9.59 Å². The maximum Gasteiger partial charge on any atom is 0.266 e. The molecule has 0 aromatic heterocycles. The lowest BCUT2D eigenvalue weighted by atomic mass is 9.76.